The second-order valence-corrected chi connectivity index (χ2v) is 5.55. The van der Waals surface area contributed by atoms with E-state index in [4.69, 9.17) is 16.3 Å². The maximum absolute atomic E-state index is 11.8. The van der Waals surface area contributed by atoms with Crippen molar-refractivity contribution in [1.29, 1.82) is 0 Å². The zero-order valence-electron chi connectivity index (χ0n) is 13.9. The highest BCUT2D eigenvalue weighted by Gasteiger charge is 2.12. The molecule has 0 radical (unpaired) electrons. The van der Waals surface area contributed by atoms with Crippen LogP contribution in [0.2, 0.25) is 5.02 Å². The summed E-state index contributed by atoms with van der Waals surface area (Å²) in [5.41, 5.74) is 4.42. The number of carbonyl (C=O) groups is 2. The van der Waals surface area contributed by atoms with Crippen LogP contribution in [-0.2, 0) is 9.59 Å². The molecule has 0 aliphatic rings. The predicted molar refractivity (Wildman–Crippen MR) is 98.2 cm³/mol. The molecule has 0 aromatic heterocycles. The molecule has 7 heteroatoms. The lowest BCUT2D eigenvalue weighted by atomic mass is 10.2. The third kappa shape index (κ3) is 5.61. The first-order chi connectivity index (χ1) is 12.0. The summed E-state index contributed by atoms with van der Waals surface area (Å²) in [5, 5.41) is 6.68. The van der Waals surface area contributed by atoms with Crippen molar-refractivity contribution in [3.05, 3.63) is 58.6 Å². The standard InChI is InChI=1S/C18H18ClN3O3/c1-3-25-16-9-6-13(10-15(16)19)11-20-22-18(24)17(23)21-14-7-4-12(2)5-8-14/h4-11H,3H2,1-2H3,(H,21,23)(H,22,24)/b20-11-. The average molecular weight is 360 g/mol. The summed E-state index contributed by atoms with van der Waals surface area (Å²) in [5.74, 6) is -1.09. The molecule has 6 nitrogen and oxygen atoms in total. The Labute approximate surface area is 150 Å². The molecule has 2 rings (SSSR count). The Morgan fingerprint density at radius 3 is 2.52 bits per heavy atom. The fraction of sp³-hybridized carbons (Fsp3) is 0.167. The molecule has 0 aliphatic heterocycles. The van der Waals surface area contributed by atoms with Crippen molar-refractivity contribution in [2.45, 2.75) is 13.8 Å². The Balaban J connectivity index is 1.90. The first kappa shape index (κ1) is 18.5. The minimum Gasteiger partial charge on any atom is -0.492 e. The van der Waals surface area contributed by atoms with Crippen molar-refractivity contribution in [1.82, 2.24) is 5.43 Å². The van der Waals surface area contributed by atoms with Gasteiger partial charge < -0.3 is 10.1 Å². The number of amides is 2. The molecule has 0 saturated heterocycles. The molecule has 0 spiro atoms. The highest BCUT2D eigenvalue weighted by atomic mass is 35.5. The number of hydrogen-bond acceptors (Lipinski definition) is 4. The quantitative estimate of drug-likeness (QED) is 0.489. The molecule has 2 aromatic rings. The molecule has 0 saturated carbocycles. The smallest absolute Gasteiger partial charge is 0.329 e. The van der Waals surface area contributed by atoms with Crippen LogP contribution in [0.1, 0.15) is 18.1 Å². The van der Waals surface area contributed by atoms with Gasteiger partial charge in [0.25, 0.3) is 0 Å². The number of benzene rings is 2. The Kier molecular flexibility index (Phi) is 6.54. The van der Waals surface area contributed by atoms with E-state index in [9.17, 15) is 9.59 Å². The number of hydrazone groups is 1. The van der Waals surface area contributed by atoms with Gasteiger partial charge in [-0.1, -0.05) is 29.3 Å². The van der Waals surface area contributed by atoms with Crippen molar-refractivity contribution in [2.75, 3.05) is 11.9 Å². The third-order valence-electron chi connectivity index (χ3n) is 3.15. The van der Waals surface area contributed by atoms with Gasteiger partial charge in [0.15, 0.2) is 0 Å². The van der Waals surface area contributed by atoms with Crippen LogP contribution in [0.5, 0.6) is 5.75 Å². The van der Waals surface area contributed by atoms with E-state index in [2.05, 4.69) is 15.8 Å². The monoisotopic (exact) mass is 359 g/mol. The van der Waals surface area contributed by atoms with E-state index in [1.54, 1.807) is 30.3 Å². The number of carbonyl (C=O) groups excluding carboxylic acids is 2. The molecule has 0 heterocycles. The summed E-state index contributed by atoms with van der Waals surface area (Å²) < 4.78 is 5.33. The Hall–Kier alpha value is -2.86. The van der Waals surface area contributed by atoms with E-state index < -0.39 is 11.8 Å². The molecule has 0 aliphatic carbocycles. The molecule has 2 N–H and O–H groups in total. The summed E-state index contributed by atoms with van der Waals surface area (Å²) in [6, 6.07) is 12.2. The van der Waals surface area contributed by atoms with Crippen LogP contribution in [0, 0.1) is 6.92 Å². The predicted octanol–water partition coefficient (Wildman–Crippen LogP) is 3.14. The van der Waals surface area contributed by atoms with E-state index in [0.29, 0.717) is 28.6 Å². The highest BCUT2D eigenvalue weighted by molar-refractivity contribution is 6.39. The van der Waals surface area contributed by atoms with Crippen LogP contribution >= 0.6 is 11.6 Å². The average Bonchev–Trinajstić information content (AvgIpc) is 2.59. The Morgan fingerprint density at radius 2 is 1.88 bits per heavy atom. The molecule has 0 bridgehead atoms. The fourth-order valence-electron chi connectivity index (χ4n) is 1.91. The molecule has 130 valence electrons. The largest absolute Gasteiger partial charge is 0.492 e. The first-order valence-electron chi connectivity index (χ1n) is 7.63. The molecule has 0 fully saturated rings. The lowest BCUT2D eigenvalue weighted by Crippen LogP contribution is -2.32. The molecule has 2 aromatic carbocycles. The SMILES string of the molecule is CCOc1ccc(/C=N\NC(=O)C(=O)Nc2ccc(C)cc2)cc1Cl. The van der Waals surface area contributed by atoms with Crippen molar-refractivity contribution in [3.63, 3.8) is 0 Å². The molecule has 25 heavy (non-hydrogen) atoms. The fourth-order valence-corrected chi connectivity index (χ4v) is 2.15. The van der Waals surface area contributed by atoms with Gasteiger partial charge in [-0.05, 0) is 49.7 Å². The van der Waals surface area contributed by atoms with Gasteiger partial charge in [-0.2, -0.15) is 5.10 Å². The number of aryl methyl sites for hydroxylation is 1. The van der Waals surface area contributed by atoms with E-state index >= 15 is 0 Å². The lowest BCUT2D eigenvalue weighted by molar-refractivity contribution is -0.136. The first-order valence-corrected chi connectivity index (χ1v) is 8.00. The van der Waals surface area contributed by atoms with Crippen LogP contribution in [0.3, 0.4) is 0 Å². The topological polar surface area (TPSA) is 79.8 Å². The van der Waals surface area contributed by atoms with Gasteiger partial charge in [0.1, 0.15) is 5.75 Å². The maximum Gasteiger partial charge on any atom is 0.329 e. The number of hydrogen-bond donors (Lipinski definition) is 2. The van der Waals surface area contributed by atoms with Crippen LogP contribution in [0.25, 0.3) is 0 Å². The molecule has 0 atom stereocenters. The van der Waals surface area contributed by atoms with Gasteiger partial charge in [0.05, 0.1) is 17.8 Å². The Bertz CT molecular complexity index is 789. The lowest BCUT2D eigenvalue weighted by Gasteiger charge is -2.06. The van der Waals surface area contributed by atoms with Crippen molar-refractivity contribution in [2.24, 2.45) is 5.10 Å². The number of rotatable bonds is 5. The third-order valence-corrected chi connectivity index (χ3v) is 3.45. The van der Waals surface area contributed by atoms with Gasteiger partial charge in [0, 0.05) is 5.69 Å². The number of halogens is 1. The summed E-state index contributed by atoms with van der Waals surface area (Å²) in [6.45, 7) is 4.31. The van der Waals surface area contributed by atoms with E-state index in [0.717, 1.165) is 5.56 Å². The van der Waals surface area contributed by atoms with Crippen LogP contribution < -0.4 is 15.5 Å². The van der Waals surface area contributed by atoms with Crippen molar-refractivity contribution >= 4 is 35.3 Å². The van der Waals surface area contributed by atoms with Gasteiger partial charge in [-0.25, -0.2) is 5.43 Å². The van der Waals surface area contributed by atoms with Crippen LogP contribution in [-0.4, -0.2) is 24.6 Å². The second kappa shape index (κ2) is 8.84. The van der Waals surface area contributed by atoms with Gasteiger partial charge >= 0.3 is 11.8 Å². The van der Waals surface area contributed by atoms with Crippen molar-refractivity contribution in [3.8, 4) is 5.75 Å². The van der Waals surface area contributed by atoms with Crippen molar-refractivity contribution < 1.29 is 14.3 Å². The number of ether oxygens (including phenoxy) is 1. The molecular formula is C18H18ClN3O3. The van der Waals surface area contributed by atoms with E-state index in [-0.39, 0.29) is 0 Å². The van der Waals surface area contributed by atoms with Gasteiger partial charge in [-0.15, -0.1) is 0 Å². The summed E-state index contributed by atoms with van der Waals surface area (Å²) in [4.78, 5) is 23.5. The summed E-state index contributed by atoms with van der Waals surface area (Å²) in [6.07, 6.45) is 1.39. The summed E-state index contributed by atoms with van der Waals surface area (Å²) >= 11 is 6.06. The second-order valence-electron chi connectivity index (χ2n) is 5.14. The van der Waals surface area contributed by atoms with E-state index in [1.165, 1.54) is 6.21 Å². The number of anilines is 1. The molecular weight excluding hydrogens is 342 g/mol. The van der Waals surface area contributed by atoms with Crippen LogP contribution in [0.4, 0.5) is 5.69 Å². The van der Waals surface area contributed by atoms with Crippen LogP contribution in [0.15, 0.2) is 47.6 Å². The van der Waals surface area contributed by atoms with Gasteiger partial charge in [0.2, 0.25) is 0 Å². The Morgan fingerprint density at radius 1 is 1.16 bits per heavy atom. The zero-order chi connectivity index (χ0) is 18.2. The van der Waals surface area contributed by atoms with Gasteiger partial charge in [-0.3, -0.25) is 9.59 Å². The minimum absolute atomic E-state index is 0.439. The number of nitrogens with zero attached hydrogens (tertiary/aromatic N) is 1. The minimum atomic E-state index is -0.867. The highest BCUT2D eigenvalue weighted by Crippen LogP contribution is 2.24. The normalized spacial score (nSPS) is 10.5. The maximum atomic E-state index is 11.8. The molecule has 2 amide bonds. The molecule has 0 unspecified atom stereocenters. The zero-order valence-corrected chi connectivity index (χ0v) is 14.6. The summed E-state index contributed by atoms with van der Waals surface area (Å²) in [7, 11) is 0. The van der Waals surface area contributed by atoms with E-state index in [1.807, 2.05) is 26.0 Å². The number of nitrogens with one attached hydrogen (secondary N) is 2.